The monoisotopic (exact) mass is 348 g/mol. The number of anilines is 1. The van der Waals surface area contributed by atoms with Gasteiger partial charge in [0.15, 0.2) is 5.15 Å². The fourth-order valence-corrected chi connectivity index (χ4v) is 3.09. The number of pyridine rings is 1. The lowest BCUT2D eigenvalue weighted by atomic mass is 10.1. The fraction of sp³-hybridized carbons (Fsp3) is 0.100. The molecule has 2 aromatic heterocycles. The highest BCUT2D eigenvalue weighted by atomic mass is 35.5. The molecular formula is C20H17ClN4. The molecule has 0 aliphatic carbocycles. The summed E-state index contributed by atoms with van der Waals surface area (Å²) in [5.74, 6) is 0.823. The van der Waals surface area contributed by atoms with Crippen molar-refractivity contribution in [3.05, 3.63) is 83.6 Å². The van der Waals surface area contributed by atoms with Crippen LogP contribution in [0.3, 0.4) is 0 Å². The molecule has 0 saturated carbocycles. The minimum Gasteiger partial charge on any atom is -0.370 e. The lowest BCUT2D eigenvalue weighted by Crippen LogP contribution is -2.07. The average molecular weight is 349 g/mol. The summed E-state index contributed by atoms with van der Waals surface area (Å²) in [6, 6.07) is 22.2. The first-order valence-corrected chi connectivity index (χ1v) is 8.56. The van der Waals surface area contributed by atoms with Gasteiger partial charge in [-0.15, -0.1) is 0 Å². The second-order valence-electron chi connectivity index (χ2n) is 5.78. The van der Waals surface area contributed by atoms with Crippen molar-refractivity contribution in [1.29, 1.82) is 0 Å². The summed E-state index contributed by atoms with van der Waals surface area (Å²) in [4.78, 5) is 4.40. The van der Waals surface area contributed by atoms with E-state index in [1.807, 2.05) is 47.1 Å². The summed E-state index contributed by atoms with van der Waals surface area (Å²) in [6.07, 6.45) is 2.73. The van der Waals surface area contributed by atoms with Gasteiger partial charge in [-0.2, -0.15) is 5.10 Å². The van der Waals surface area contributed by atoms with E-state index in [1.165, 1.54) is 5.56 Å². The number of benzene rings is 2. The molecule has 124 valence electrons. The van der Waals surface area contributed by atoms with E-state index >= 15 is 0 Å². The lowest BCUT2D eigenvalue weighted by Gasteiger charge is -2.08. The van der Waals surface area contributed by atoms with Crippen LogP contribution in [0.4, 0.5) is 5.82 Å². The van der Waals surface area contributed by atoms with Gasteiger partial charge in [-0.05, 0) is 30.2 Å². The first-order valence-electron chi connectivity index (χ1n) is 8.19. The van der Waals surface area contributed by atoms with Gasteiger partial charge in [0.2, 0.25) is 0 Å². The van der Waals surface area contributed by atoms with Crippen LogP contribution in [0.25, 0.3) is 16.6 Å². The van der Waals surface area contributed by atoms with Crippen molar-refractivity contribution in [3.8, 4) is 5.69 Å². The molecule has 25 heavy (non-hydrogen) atoms. The fourth-order valence-electron chi connectivity index (χ4n) is 2.85. The summed E-state index contributed by atoms with van der Waals surface area (Å²) in [5.41, 5.74) is 3.21. The molecule has 2 heterocycles. The largest absolute Gasteiger partial charge is 0.370 e. The quantitative estimate of drug-likeness (QED) is 0.567. The maximum Gasteiger partial charge on any atom is 0.159 e. The van der Waals surface area contributed by atoms with Crippen LogP contribution in [0.1, 0.15) is 5.56 Å². The molecule has 0 bridgehead atoms. The molecule has 0 radical (unpaired) electrons. The number of fused-ring (bicyclic) bond motifs is 1. The predicted octanol–water partition coefficient (Wildman–Crippen LogP) is 4.73. The summed E-state index contributed by atoms with van der Waals surface area (Å²) < 4.78 is 1.85. The minimum absolute atomic E-state index is 0.506. The SMILES string of the molecule is Clc1nn(-c2ccnc(NCCc3ccccc3)c2)c2ccccc12. The first kappa shape index (κ1) is 15.7. The van der Waals surface area contributed by atoms with Gasteiger partial charge in [0.25, 0.3) is 0 Å². The van der Waals surface area contributed by atoms with E-state index in [2.05, 4.69) is 39.7 Å². The van der Waals surface area contributed by atoms with Crippen LogP contribution in [0.2, 0.25) is 5.15 Å². The van der Waals surface area contributed by atoms with Gasteiger partial charge in [-0.3, -0.25) is 0 Å². The third-order valence-corrected chi connectivity index (χ3v) is 4.37. The molecule has 0 atom stereocenters. The number of para-hydroxylation sites is 1. The van der Waals surface area contributed by atoms with E-state index in [4.69, 9.17) is 11.6 Å². The van der Waals surface area contributed by atoms with Crippen LogP contribution >= 0.6 is 11.6 Å². The van der Waals surface area contributed by atoms with Gasteiger partial charge >= 0.3 is 0 Å². The molecule has 0 saturated heterocycles. The average Bonchev–Trinajstić information content (AvgIpc) is 3.00. The molecular weight excluding hydrogens is 332 g/mol. The van der Waals surface area contributed by atoms with Crippen molar-refractivity contribution in [2.24, 2.45) is 0 Å². The van der Waals surface area contributed by atoms with E-state index < -0.39 is 0 Å². The third kappa shape index (κ3) is 3.35. The smallest absolute Gasteiger partial charge is 0.159 e. The van der Waals surface area contributed by atoms with Crippen molar-refractivity contribution in [2.75, 3.05) is 11.9 Å². The second kappa shape index (κ2) is 6.95. The summed E-state index contributed by atoms with van der Waals surface area (Å²) in [6.45, 7) is 0.821. The van der Waals surface area contributed by atoms with Crippen LogP contribution in [0.15, 0.2) is 72.9 Å². The zero-order chi connectivity index (χ0) is 17.1. The number of rotatable bonds is 5. The summed E-state index contributed by atoms with van der Waals surface area (Å²) in [5, 5.41) is 9.28. The zero-order valence-electron chi connectivity index (χ0n) is 13.6. The Hall–Kier alpha value is -2.85. The Bertz CT molecular complexity index is 995. The number of halogens is 1. The molecule has 0 spiro atoms. The minimum atomic E-state index is 0.506. The number of hydrogen-bond donors (Lipinski definition) is 1. The van der Waals surface area contributed by atoms with E-state index in [-0.39, 0.29) is 0 Å². The van der Waals surface area contributed by atoms with Crippen molar-refractivity contribution in [1.82, 2.24) is 14.8 Å². The number of nitrogens with zero attached hydrogens (tertiary/aromatic N) is 3. The van der Waals surface area contributed by atoms with Crippen molar-refractivity contribution in [3.63, 3.8) is 0 Å². The first-order chi connectivity index (χ1) is 12.3. The maximum absolute atomic E-state index is 6.26. The molecule has 0 aliphatic heterocycles. The molecule has 1 N–H and O–H groups in total. The predicted molar refractivity (Wildman–Crippen MR) is 103 cm³/mol. The van der Waals surface area contributed by atoms with Crippen LogP contribution in [-0.2, 0) is 6.42 Å². The Morgan fingerprint density at radius 2 is 1.76 bits per heavy atom. The van der Waals surface area contributed by atoms with Gasteiger partial charge in [0.05, 0.1) is 11.2 Å². The van der Waals surface area contributed by atoms with E-state index in [0.29, 0.717) is 5.15 Å². The molecule has 2 aromatic carbocycles. The molecule has 0 amide bonds. The Balaban J connectivity index is 1.55. The Morgan fingerprint density at radius 1 is 0.960 bits per heavy atom. The topological polar surface area (TPSA) is 42.7 Å². The maximum atomic E-state index is 6.26. The molecule has 0 unspecified atom stereocenters. The number of nitrogens with one attached hydrogen (secondary N) is 1. The van der Waals surface area contributed by atoms with Crippen molar-refractivity contribution in [2.45, 2.75) is 6.42 Å². The number of aromatic nitrogens is 3. The Kier molecular flexibility index (Phi) is 4.36. The Labute approximate surface area is 151 Å². The van der Waals surface area contributed by atoms with E-state index in [0.717, 1.165) is 35.4 Å². The molecule has 4 rings (SSSR count). The van der Waals surface area contributed by atoms with Crippen LogP contribution in [0, 0.1) is 0 Å². The van der Waals surface area contributed by atoms with Gasteiger partial charge in [0.1, 0.15) is 5.82 Å². The highest BCUT2D eigenvalue weighted by Crippen LogP contribution is 2.25. The van der Waals surface area contributed by atoms with Crippen LogP contribution in [-0.4, -0.2) is 21.3 Å². The van der Waals surface area contributed by atoms with Crippen molar-refractivity contribution < 1.29 is 0 Å². The molecule has 0 aliphatic rings. The zero-order valence-corrected chi connectivity index (χ0v) is 14.3. The number of hydrogen-bond acceptors (Lipinski definition) is 3. The molecule has 0 fully saturated rings. The summed E-state index contributed by atoms with van der Waals surface area (Å²) >= 11 is 6.26. The summed E-state index contributed by atoms with van der Waals surface area (Å²) in [7, 11) is 0. The molecule has 4 nitrogen and oxygen atoms in total. The highest BCUT2D eigenvalue weighted by Gasteiger charge is 2.10. The highest BCUT2D eigenvalue weighted by molar-refractivity contribution is 6.34. The third-order valence-electron chi connectivity index (χ3n) is 4.09. The standard InChI is InChI=1S/C20H17ClN4/c21-20-17-8-4-5-9-18(17)25(24-20)16-11-13-23-19(14-16)22-12-10-15-6-2-1-3-7-15/h1-9,11,13-14H,10,12H2,(H,22,23). The van der Waals surface area contributed by atoms with Gasteiger partial charge in [-0.25, -0.2) is 9.67 Å². The van der Waals surface area contributed by atoms with Gasteiger partial charge < -0.3 is 5.32 Å². The van der Waals surface area contributed by atoms with Crippen LogP contribution in [0.5, 0.6) is 0 Å². The molecule has 5 heteroatoms. The molecule has 4 aromatic rings. The van der Waals surface area contributed by atoms with E-state index in [1.54, 1.807) is 6.20 Å². The Morgan fingerprint density at radius 3 is 2.64 bits per heavy atom. The lowest BCUT2D eigenvalue weighted by molar-refractivity contribution is 0.906. The van der Waals surface area contributed by atoms with Gasteiger partial charge in [0, 0.05) is 24.2 Å². The van der Waals surface area contributed by atoms with Crippen molar-refractivity contribution >= 4 is 28.3 Å². The van der Waals surface area contributed by atoms with E-state index in [9.17, 15) is 0 Å². The van der Waals surface area contributed by atoms with Crippen LogP contribution < -0.4 is 5.32 Å². The second-order valence-corrected chi connectivity index (χ2v) is 6.14. The normalized spacial score (nSPS) is 10.9. The van der Waals surface area contributed by atoms with Gasteiger partial charge in [-0.1, -0.05) is 54.1 Å².